The van der Waals surface area contributed by atoms with E-state index < -0.39 is 47.9 Å². The summed E-state index contributed by atoms with van der Waals surface area (Å²) in [5.41, 5.74) is 7.51. The summed E-state index contributed by atoms with van der Waals surface area (Å²) in [6.45, 7) is 4.12. The zero-order valence-corrected chi connectivity index (χ0v) is 21.2. The van der Waals surface area contributed by atoms with Crippen molar-refractivity contribution in [3.05, 3.63) is 54.1 Å². The second kappa shape index (κ2) is 13.0. The van der Waals surface area contributed by atoms with Gasteiger partial charge in [0.2, 0.25) is 17.7 Å². The summed E-state index contributed by atoms with van der Waals surface area (Å²) < 4.78 is 0. The molecule has 37 heavy (non-hydrogen) atoms. The van der Waals surface area contributed by atoms with Crippen LogP contribution in [0.1, 0.15) is 44.4 Å². The number of carbonyl (C=O) groups excluding carboxylic acids is 3. The number of amides is 3. The Balaban J connectivity index is 1.74. The van der Waals surface area contributed by atoms with E-state index in [1.807, 2.05) is 19.9 Å². The zero-order valence-electron chi connectivity index (χ0n) is 21.2. The number of carbonyl (C=O) groups is 4. The molecule has 0 bridgehead atoms. The number of H-pyrrole nitrogens is 1. The number of aromatic nitrogens is 2. The minimum absolute atomic E-state index is 0.0780. The largest absolute Gasteiger partial charge is 0.480 e. The second-order valence-corrected chi connectivity index (χ2v) is 9.53. The van der Waals surface area contributed by atoms with Gasteiger partial charge in [0.25, 0.3) is 0 Å². The molecule has 3 amide bonds. The number of nitrogens with zero attached hydrogens (tertiary/aromatic N) is 2. The van der Waals surface area contributed by atoms with Crippen molar-refractivity contribution in [3.8, 4) is 0 Å². The standard InChI is InChI=1S/C26H36N6O5/c1-3-16(2)22(27)24(34)30-19(13-18-14-28-15-29-18)25(35)32-11-7-10-21(32)23(33)31-20(26(36)37)12-17-8-5-4-6-9-17/h4-6,8-9,14-16,19-22H,3,7,10-13,27H2,1-2H3,(H,28,29)(H,30,34)(H,31,33)(H,36,37). The van der Waals surface area contributed by atoms with Gasteiger partial charge >= 0.3 is 5.97 Å². The smallest absolute Gasteiger partial charge is 0.326 e. The SMILES string of the molecule is CCC(C)C(N)C(=O)NC(Cc1cnc[nH]1)C(=O)N1CCCC1C(=O)NC(Cc1ccccc1)C(=O)O. The first-order chi connectivity index (χ1) is 17.7. The van der Waals surface area contributed by atoms with E-state index in [-0.39, 0.29) is 18.8 Å². The molecule has 0 saturated carbocycles. The van der Waals surface area contributed by atoms with Crippen LogP contribution >= 0.6 is 0 Å². The van der Waals surface area contributed by atoms with Crippen molar-refractivity contribution >= 4 is 23.7 Å². The maximum absolute atomic E-state index is 13.6. The number of hydrogen-bond acceptors (Lipinski definition) is 6. The fourth-order valence-corrected chi connectivity index (χ4v) is 4.42. The maximum atomic E-state index is 13.6. The third kappa shape index (κ3) is 7.39. The van der Waals surface area contributed by atoms with Crippen LogP contribution in [0.2, 0.25) is 0 Å². The number of carboxylic acids is 1. The van der Waals surface area contributed by atoms with Crippen LogP contribution in [0.3, 0.4) is 0 Å². The van der Waals surface area contributed by atoms with E-state index in [0.717, 1.165) is 5.56 Å². The first-order valence-electron chi connectivity index (χ1n) is 12.6. The average molecular weight is 513 g/mol. The third-order valence-corrected chi connectivity index (χ3v) is 6.89. The molecular weight excluding hydrogens is 476 g/mol. The molecule has 1 aliphatic heterocycles. The highest BCUT2D eigenvalue weighted by Gasteiger charge is 2.39. The number of hydrogen-bond donors (Lipinski definition) is 5. The Kier molecular flexibility index (Phi) is 9.78. The molecule has 1 fully saturated rings. The number of benzene rings is 1. The van der Waals surface area contributed by atoms with Gasteiger partial charge in [0, 0.05) is 31.3 Å². The summed E-state index contributed by atoms with van der Waals surface area (Å²) in [7, 11) is 0. The number of carboxylic acid groups (broad SMARTS) is 1. The van der Waals surface area contributed by atoms with Crippen LogP contribution in [0.15, 0.2) is 42.9 Å². The third-order valence-electron chi connectivity index (χ3n) is 6.89. The molecule has 3 rings (SSSR count). The Hall–Kier alpha value is -3.73. The van der Waals surface area contributed by atoms with Gasteiger partial charge in [-0.2, -0.15) is 0 Å². The van der Waals surface area contributed by atoms with Crippen LogP contribution in [0, 0.1) is 5.92 Å². The second-order valence-electron chi connectivity index (χ2n) is 9.53. The molecule has 2 aromatic rings. The summed E-state index contributed by atoms with van der Waals surface area (Å²) >= 11 is 0. The highest BCUT2D eigenvalue weighted by molar-refractivity contribution is 5.94. The molecule has 11 nitrogen and oxygen atoms in total. The van der Waals surface area contributed by atoms with Gasteiger partial charge < -0.3 is 31.4 Å². The zero-order chi connectivity index (χ0) is 26.9. The normalized spacial score (nSPS) is 18.5. The lowest BCUT2D eigenvalue weighted by molar-refractivity contribution is -0.145. The van der Waals surface area contributed by atoms with Crippen molar-refractivity contribution in [3.63, 3.8) is 0 Å². The summed E-state index contributed by atoms with van der Waals surface area (Å²) in [6.07, 6.45) is 4.99. The molecular formula is C26H36N6O5. The predicted molar refractivity (Wildman–Crippen MR) is 136 cm³/mol. The van der Waals surface area contributed by atoms with Crippen LogP contribution in [0.5, 0.6) is 0 Å². The molecule has 6 N–H and O–H groups in total. The van der Waals surface area contributed by atoms with E-state index in [4.69, 9.17) is 5.73 Å². The number of aliphatic carboxylic acids is 1. The molecule has 5 atom stereocenters. The molecule has 0 spiro atoms. The van der Waals surface area contributed by atoms with Crippen LogP contribution in [0.25, 0.3) is 0 Å². The minimum Gasteiger partial charge on any atom is -0.480 e. The number of rotatable bonds is 12. The molecule has 0 aliphatic carbocycles. The molecule has 1 aliphatic rings. The van der Waals surface area contributed by atoms with Gasteiger partial charge in [-0.1, -0.05) is 50.6 Å². The summed E-state index contributed by atoms with van der Waals surface area (Å²) in [6, 6.07) is 5.29. The summed E-state index contributed by atoms with van der Waals surface area (Å²) in [4.78, 5) is 59.8. The van der Waals surface area contributed by atoms with Crippen molar-refractivity contribution < 1.29 is 24.3 Å². The Morgan fingerprint density at radius 3 is 2.51 bits per heavy atom. The van der Waals surface area contributed by atoms with E-state index in [1.165, 1.54) is 11.2 Å². The topological polar surface area (TPSA) is 171 Å². The summed E-state index contributed by atoms with van der Waals surface area (Å²) in [5, 5.41) is 15.1. The molecule has 0 radical (unpaired) electrons. The van der Waals surface area contributed by atoms with E-state index in [2.05, 4.69) is 20.6 Å². The van der Waals surface area contributed by atoms with Gasteiger partial charge in [-0.05, 0) is 24.3 Å². The summed E-state index contributed by atoms with van der Waals surface area (Å²) in [5.74, 6) is -2.63. The molecule has 1 aromatic heterocycles. The monoisotopic (exact) mass is 512 g/mol. The Morgan fingerprint density at radius 2 is 1.89 bits per heavy atom. The number of aromatic amines is 1. The van der Waals surface area contributed by atoms with Crippen molar-refractivity contribution in [2.45, 2.75) is 70.1 Å². The Labute approximate surface area is 216 Å². The molecule has 1 saturated heterocycles. The Morgan fingerprint density at radius 1 is 1.16 bits per heavy atom. The molecule has 5 unspecified atom stereocenters. The quantitative estimate of drug-likeness (QED) is 0.277. The molecule has 2 heterocycles. The lowest BCUT2D eigenvalue weighted by Crippen LogP contribution is -2.58. The van der Waals surface area contributed by atoms with Gasteiger partial charge in [0.1, 0.15) is 18.1 Å². The fourth-order valence-electron chi connectivity index (χ4n) is 4.42. The van der Waals surface area contributed by atoms with Crippen LogP contribution in [-0.4, -0.2) is 74.4 Å². The van der Waals surface area contributed by atoms with E-state index in [0.29, 0.717) is 31.5 Å². The Bertz CT molecular complexity index is 1060. The van der Waals surface area contributed by atoms with E-state index in [9.17, 15) is 24.3 Å². The van der Waals surface area contributed by atoms with E-state index >= 15 is 0 Å². The first-order valence-corrected chi connectivity index (χ1v) is 12.6. The highest BCUT2D eigenvalue weighted by atomic mass is 16.4. The molecule has 11 heteroatoms. The van der Waals surface area contributed by atoms with Crippen molar-refractivity contribution in [2.24, 2.45) is 11.7 Å². The number of nitrogens with one attached hydrogen (secondary N) is 3. The van der Waals surface area contributed by atoms with Crippen molar-refractivity contribution in [2.75, 3.05) is 6.54 Å². The molecule has 1 aromatic carbocycles. The number of likely N-dealkylation sites (tertiary alicyclic amines) is 1. The average Bonchev–Trinajstić information content (AvgIpc) is 3.59. The van der Waals surface area contributed by atoms with Gasteiger partial charge in [0.15, 0.2) is 0 Å². The van der Waals surface area contributed by atoms with E-state index in [1.54, 1.807) is 30.5 Å². The molecule has 200 valence electrons. The first kappa shape index (κ1) is 27.9. The van der Waals surface area contributed by atoms with Crippen LogP contribution < -0.4 is 16.4 Å². The van der Waals surface area contributed by atoms with Gasteiger partial charge in [-0.25, -0.2) is 9.78 Å². The van der Waals surface area contributed by atoms with Crippen LogP contribution in [-0.2, 0) is 32.0 Å². The highest BCUT2D eigenvalue weighted by Crippen LogP contribution is 2.20. The van der Waals surface area contributed by atoms with Gasteiger partial charge in [-0.15, -0.1) is 0 Å². The number of imidazole rings is 1. The predicted octanol–water partition coefficient (Wildman–Crippen LogP) is 0.614. The maximum Gasteiger partial charge on any atom is 0.326 e. The fraction of sp³-hybridized carbons (Fsp3) is 0.500. The lowest BCUT2D eigenvalue weighted by Gasteiger charge is -2.30. The van der Waals surface area contributed by atoms with Gasteiger partial charge in [-0.3, -0.25) is 14.4 Å². The van der Waals surface area contributed by atoms with Gasteiger partial charge in [0.05, 0.1) is 12.4 Å². The van der Waals surface area contributed by atoms with Crippen molar-refractivity contribution in [1.29, 1.82) is 0 Å². The minimum atomic E-state index is -1.16. The lowest BCUT2D eigenvalue weighted by atomic mass is 9.98. The number of nitrogens with two attached hydrogens (primary N) is 1. The van der Waals surface area contributed by atoms with Crippen LogP contribution in [0.4, 0.5) is 0 Å². The van der Waals surface area contributed by atoms with Crippen molar-refractivity contribution in [1.82, 2.24) is 25.5 Å².